The molecule has 152 valence electrons. The molecule has 2 aromatic rings. The van der Waals surface area contributed by atoms with Crippen LogP contribution in [-0.4, -0.2) is 59.4 Å². The van der Waals surface area contributed by atoms with Crippen molar-refractivity contribution in [1.82, 2.24) is 19.6 Å². The van der Waals surface area contributed by atoms with Crippen LogP contribution >= 0.6 is 11.6 Å². The largest absolute Gasteiger partial charge is 0.497 e. The van der Waals surface area contributed by atoms with Crippen LogP contribution in [0.5, 0.6) is 5.75 Å². The van der Waals surface area contributed by atoms with Crippen molar-refractivity contribution in [2.24, 2.45) is 5.41 Å². The number of rotatable bonds is 6. The summed E-state index contributed by atoms with van der Waals surface area (Å²) in [7, 11) is 1.62. The minimum atomic E-state index is -0.147. The highest BCUT2D eigenvalue weighted by atomic mass is 35.5. The Morgan fingerprint density at radius 1 is 1.18 bits per heavy atom. The van der Waals surface area contributed by atoms with Gasteiger partial charge in [-0.25, -0.2) is 4.39 Å². The molecule has 28 heavy (non-hydrogen) atoms. The predicted molar refractivity (Wildman–Crippen MR) is 108 cm³/mol. The van der Waals surface area contributed by atoms with Gasteiger partial charge in [0.25, 0.3) is 0 Å². The summed E-state index contributed by atoms with van der Waals surface area (Å²) in [6.07, 6.45) is 7.20. The van der Waals surface area contributed by atoms with Crippen molar-refractivity contribution in [3.8, 4) is 5.75 Å². The Morgan fingerprint density at radius 3 is 2.82 bits per heavy atom. The zero-order valence-electron chi connectivity index (χ0n) is 16.4. The van der Waals surface area contributed by atoms with Crippen molar-refractivity contribution in [3.63, 3.8) is 0 Å². The number of hydrogen-bond acceptors (Lipinski definition) is 4. The van der Waals surface area contributed by atoms with E-state index >= 15 is 0 Å². The number of likely N-dealkylation sites (tertiary alicyclic amines) is 2. The molecule has 0 saturated carbocycles. The van der Waals surface area contributed by atoms with Gasteiger partial charge in [-0.05, 0) is 56.0 Å². The van der Waals surface area contributed by atoms with Crippen LogP contribution in [0, 0.1) is 11.2 Å². The maximum absolute atomic E-state index is 14.2. The monoisotopic (exact) mass is 406 g/mol. The highest BCUT2D eigenvalue weighted by molar-refractivity contribution is 6.30. The summed E-state index contributed by atoms with van der Waals surface area (Å²) in [6, 6.07) is 5.01. The summed E-state index contributed by atoms with van der Waals surface area (Å²) in [5.41, 5.74) is 1.05. The Bertz CT molecular complexity index is 813. The first kappa shape index (κ1) is 19.7. The number of piperidine rings is 1. The van der Waals surface area contributed by atoms with Crippen LogP contribution in [0.2, 0.25) is 5.02 Å². The van der Waals surface area contributed by atoms with Crippen molar-refractivity contribution in [3.05, 3.63) is 47.0 Å². The van der Waals surface area contributed by atoms with E-state index < -0.39 is 0 Å². The van der Waals surface area contributed by atoms with Crippen molar-refractivity contribution in [2.75, 3.05) is 39.8 Å². The Kier molecular flexibility index (Phi) is 5.90. The van der Waals surface area contributed by atoms with Gasteiger partial charge in [-0.2, -0.15) is 5.10 Å². The molecular weight excluding hydrogens is 379 g/mol. The van der Waals surface area contributed by atoms with Gasteiger partial charge in [0.15, 0.2) is 0 Å². The summed E-state index contributed by atoms with van der Waals surface area (Å²) in [4.78, 5) is 4.95. The van der Waals surface area contributed by atoms with Crippen LogP contribution in [0.25, 0.3) is 0 Å². The third-order valence-electron chi connectivity index (χ3n) is 6.15. The lowest BCUT2D eigenvalue weighted by molar-refractivity contribution is 0.0860. The summed E-state index contributed by atoms with van der Waals surface area (Å²) < 4.78 is 21.4. The minimum Gasteiger partial charge on any atom is -0.497 e. The summed E-state index contributed by atoms with van der Waals surface area (Å²) in [5, 5.41) is 4.95. The SMILES string of the molecule is COc1ccc(F)c(CN2CCC[C@]3(CCN(CCn4cc(Cl)cn4)C3)C2)c1. The molecular formula is C21H28ClFN4O. The highest BCUT2D eigenvalue weighted by Gasteiger charge is 2.41. The normalized spacial score (nSPS) is 23.5. The molecule has 5 nitrogen and oxygen atoms in total. The fourth-order valence-corrected chi connectivity index (χ4v) is 4.90. The second kappa shape index (κ2) is 8.39. The molecule has 1 atom stereocenters. The van der Waals surface area contributed by atoms with E-state index in [4.69, 9.17) is 16.3 Å². The van der Waals surface area contributed by atoms with E-state index in [9.17, 15) is 4.39 Å². The van der Waals surface area contributed by atoms with Crippen LogP contribution in [0.15, 0.2) is 30.6 Å². The molecule has 3 heterocycles. The maximum Gasteiger partial charge on any atom is 0.127 e. The minimum absolute atomic E-state index is 0.147. The van der Waals surface area contributed by atoms with Gasteiger partial charge in [-0.3, -0.25) is 9.58 Å². The number of methoxy groups -OCH3 is 1. The molecule has 0 aliphatic carbocycles. The Labute approximate surface area is 171 Å². The second-order valence-electron chi connectivity index (χ2n) is 8.22. The predicted octanol–water partition coefficient (Wildman–Crippen LogP) is 3.67. The van der Waals surface area contributed by atoms with E-state index in [1.807, 2.05) is 16.9 Å². The van der Waals surface area contributed by atoms with E-state index in [0.29, 0.717) is 22.7 Å². The highest BCUT2D eigenvalue weighted by Crippen LogP contribution is 2.39. The van der Waals surface area contributed by atoms with E-state index in [1.165, 1.54) is 25.3 Å². The van der Waals surface area contributed by atoms with Crippen LogP contribution < -0.4 is 4.74 Å². The molecule has 4 rings (SSSR count). The van der Waals surface area contributed by atoms with Gasteiger partial charge in [-0.15, -0.1) is 0 Å². The number of halogens is 2. The maximum atomic E-state index is 14.2. The van der Waals surface area contributed by atoms with Crippen LogP contribution in [-0.2, 0) is 13.1 Å². The number of nitrogens with zero attached hydrogens (tertiary/aromatic N) is 4. The lowest BCUT2D eigenvalue weighted by atomic mass is 9.79. The molecule has 2 aliphatic heterocycles. The molecule has 2 saturated heterocycles. The summed E-state index contributed by atoms with van der Waals surface area (Å²) in [5.74, 6) is 0.570. The zero-order chi connectivity index (χ0) is 19.6. The Balaban J connectivity index is 1.34. The van der Waals surface area contributed by atoms with Gasteiger partial charge in [-0.1, -0.05) is 11.6 Å². The van der Waals surface area contributed by atoms with Gasteiger partial charge >= 0.3 is 0 Å². The third kappa shape index (κ3) is 4.50. The Hall–Kier alpha value is -1.63. The molecule has 0 amide bonds. The van der Waals surface area contributed by atoms with E-state index in [0.717, 1.165) is 44.8 Å². The van der Waals surface area contributed by atoms with Crippen molar-refractivity contribution in [1.29, 1.82) is 0 Å². The van der Waals surface area contributed by atoms with Gasteiger partial charge < -0.3 is 9.64 Å². The Morgan fingerprint density at radius 2 is 2.04 bits per heavy atom. The summed E-state index contributed by atoms with van der Waals surface area (Å²) in [6.45, 7) is 6.80. The molecule has 0 radical (unpaired) electrons. The molecule has 0 bridgehead atoms. The standard InChI is InChI=1S/C21H28ClFN4O/c1-28-19-3-4-20(23)17(11-19)13-26-7-2-5-21(16-26)6-8-25(15-21)9-10-27-14-18(22)12-24-27/h3-4,11-12,14H,2,5-10,13,15-16H2,1H3/t21-/m1/s1. The third-order valence-corrected chi connectivity index (χ3v) is 6.35. The molecule has 1 spiro atoms. The first-order valence-electron chi connectivity index (χ1n) is 10.0. The quantitative estimate of drug-likeness (QED) is 0.732. The fourth-order valence-electron chi connectivity index (χ4n) is 4.74. The van der Waals surface area contributed by atoms with Gasteiger partial charge in [0.2, 0.25) is 0 Å². The first-order chi connectivity index (χ1) is 13.5. The molecule has 7 heteroatoms. The van der Waals surface area contributed by atoms with E-state index in [2.05, 4.69) is 14.9 Å². The molecule has 0 N–H and O–H groups in total. The first-order valence-corrected chi connectivity index (χ1v) is 10.4. The average Bonchev–Trinajstić information content (AvgIpc) is 3.28. The van der Waals surface area contributed by atoms with E-state index in [1.54, 1.807) is 19.4 Å². The number of hydrogen-bond donors (Lipinski definition) is 0. The molecule has 2 fully saturated rings. The smallest absolute Gasteiger partial charge is 0.127 e. The fraction of sp³-hybridized carbons (Fsp3) is 0.571. The number of aromatic nitrogens is 2. The molecule has 2 aliphatic rings. The number of benzene rings is 1. The zero-order valence-corrected chi connectivity index (χ0v) is 17.2. The lowest BCUT2D eigenvalue weighted by Crippen LogP contribution is -2.44. The van der Waals surface area contributed by atoms with Crippen molar-refractivity contribution in [2.45, 2.75) is 32.4 Å². The summed E-state index contributed by atoms with van der Waals surface area (Å²) >= 11 is 5.95. The van der Waals surface area contributed by atoms with Gasteiger partial charge in [0, 0.05) is 37.9 Å². The van der Waals surface area contributed by atoms with Gasteiger partial charge in [0.1, 0.15) is 11.6 Å². The van der Waals surface area contributed by atoms with Crippen molar-refractivity contribution < 1.29 is 9.13 Å². The van der Waals surface area contributed by atoms with Crippen LogP contribution in [0.3, 0.4) is 0 Å². The molecule has 1 aromatic heterocycles. The molecule has 0 unspecified atom stereocenters. The average molecular weight is 407 g/mol. The molecule has 1 aromatic carbocycles. The topological polar surface area (TPSA) is 33.5 Å². The lowest BCUT2D eigenvalue weighted by Gasteiger charge is -2.40. The van der Waals surface area contributed by atoms with Crippen LogP contribution in [0.1, 0.15) is 24.8 Å². The number of ether oxygens (including phenoxy) is 1. The van der Waals surface area contributed by atoms with Gasteiger partial charge in [0.05, 0.1) is 24.9 Å². The van der Waals surface area contributed by atoms with Crippen LogP contribution in [0.4, 0.5) is 4.39 Å². The van der Waals surface area contributed by atoms with E-state index in [-0.39, 0.29) is 5.82 Å². The van der Waals surface area contributed by atoms with Crippen molar-refractivity contribution >= 4 is 11.6 Å². The second-order valence-corrected chi connectivity index (χ2v) is 8.66.